The third kappa shape index (κ3) is 2.83. The molecule has 0 aromatic carbocycles. The van der Waals surface area contributed by atoms with E-state index in [0.29, 0.717) is 11.5 Å². The van der Waals surface area contributed by atoms with Crippen LogP contribution >= 0.6 is 0 Å². The smallest absolute Gasteiger partial charge is 0.242 e. The molecule has 104 valence electrons. The maximum absolute atomic E-state index is 12.1. The number of aryl methyl sites for hydroxylation is 1. The van der Waals surface area contributed by atoms with Gasteiger partial charge in [0.2, 0.25) is 10.0 Å². The molecule has 0 aliphatic rings. The van der Waals surface area contributed by atoms with E-state index in [-0.39, 0.29) is 11.4 Å². The molecule has 0 saturated heterocycles. The van der Waals surface area contributed by atoms with Gasteiger partial charge < -0.3 is 15.3 Å². The summed E-state index contributed by atoms with van der Waals surface area (Å²) in [7, 11) is -1.86. The van der Waals surface area contributed by atoms with Crippen LogP contribution in [-0.2, 0) is 23.6 Å². The highest BCUT2D eigenvalue weighted by Crippen LogP contribution is 2.15. The van der Waals surface area contributed by atoms with Crippen molar-refractivity contribution in [3.05, 3.63) is 30.1 Å². The largest absolute Gasteiger partial charge is 0.363 e. The summed E-state index contributed by atoms with van der Waals surface area (Å²) >= 11 is 0. The molecule has 2 aromatic rings. The van der Waals surface area contributed by atoms with E-state index >= 15 is 0 Å². The summed E-state index contributed by atoms with van der Waals surface area (Å²) < 4.78 is 28.5. The monoisotopic (exact) mass is 284 g/mol. The van der Waals surface area contributed by atoms with Gasteiger partial charge in [0, 0.05) is 25.5 Å². The molecule has 0 radical (unpaired) electrons. The number of sulfonamides is 1. The molecule has 19 heavy (non-hydrogen) atoms. The van der Waals surface area contributed by atoms with E-state index in [4.69, 9.17) is 5.73 Å². The Morgan fingerprint density at radius 2 is 2.32 bits per heavy atom. The fraction of sp³-hybridized carbons (Fsp3) is 0.400. The van der Waals surface area contributed by atoms with Crippen LogP contribution in [0, 0.1) is 0 Å². The minimum absolute atomic E-state index is 0.155. The van der Waals surface area contributed by atoms with Crippen molar-refractivity contribution >= 4 is 10.0 Å². The third-order valence-electron chi connectivity index (χ3n) is 2.71. The highest BCUT2D eigenvalue weighted by molar-refractivity contribution is 7.89. The van der Waals surface area contributed by atoms with Crippen molar-refractivity contribution in [2.75, 3.05) is 0 Å². The third-order valence-corrected chi connectivity index (χ3v) is 4.23. The first-order valence-corrected chi connectivity index (χ1v) is 7.16. The highest BCUT2D eigenvalue weighted by Gasteiger charge is 2.21. The SMILES string of the molecule is CC(NS(=O)(=O)c1c[nH]c(CN)c1)c1nncn1C. The van der Waals surface area contributed by atoms with Gasteiger partial charge in [-0.3, -0.25) is 0 Å². The summed E-state index contributed by atoms with van der Waals surface area (Å²) in [5.74, 6) is 0.540. The second kappa shape index (κ2) is 5.11. The fourth-order valence-electron chi connectivity index (χ4n) is 1.73. The van der Waals surface area contributed by atoms with Gasteiger partial charge in [-0.15, -0.1) is 10.2 Å². The summed E-state index contributed by atoms with van der Waals surface area (Å²) in [4.78, 5) is 2.96. The molecule has 0 fully saturated rings. The Labute approximate surface area is 111 Å². The number of aromatic amines is 1. The number of hydrogen-bond donors (Lipinski definition) is 3. The minimum Gasteiger partial charge on any atom is -0.363 e. The molecule has 2 heterocycles. The minimum atomic E-state index is -3.61. The number of aromatic nitrogens is 4. The van der Waals surface area contributed by atoms with E-state index in [2.05, 4.69) is 19.9 Å². The Morgan fingerprint density at radius 1 is 1.58 bits per heavy atom. The zero-order valence-electron chi connectivity index (χ0n) is 10.7. The van der Waals surface area contributed by atoms with Crippen LogP contribution in [0.25, 0.3) is 0 Å². The van der Waals surface area contributed by atoms with Gasteiger partial charge in [-0.05, 0) is 13.0 Å². The zero-order chi connectivity index (χ0) is 14.0. The molecule has 2 rings (SSSR count). The predicted molar refractivity (Wildman–Crippen MR) is 68.4 cm³/mol. The van der Waals surface area contributed by atoms with Gasteiger partial charge in [0.1, 0.15) is 12.2 Å². The van der Waals surface area contributed by atoms with Crippen LogP contribution in [0.15, 0.2) is 23.5 Å². The summed E-state index contributed by atoms with van der Waals surface area (Å²) in [6, 6.07) is 1.03. The lowest BCUT2D eigenvalue weighted by Gasteiger charge is -2.12. The number of nitrogens with one attached hydrogen (secondary N) is 2. The van der Waals surface area contributed by atoms with E-state index < -0.39 is 16.1 Å². The molecule has 1 unspecified atom stereocenters. The van der Waals surface area contributed by atoms with Crippen LogP contribution in [-0.4, -0.2) is 28.2 Å². The van der Waals surface area contributed by atoms with Gasteiger partial charge in [-0.2, -0.15) is 0 Å². The quantitative estimate of drug-likeness (QED) is 0.693. The molecule has 4 N–H and O–H groups in total. The van der Waals surface area contributed by atoms with Crippen LogP contribution in [0.2, 0.25) is 0 Å². The molecule has 0 bridgehead atoms. The molecule has 0 aliphatic carbocycles. The average molecular weight is 284 g/mol. The Balaban J connectivity index is 2.20. The lowest BCUT2D eigenvalue weighted by Crippen LogP contribution is -2.28. The van der Waals surface area contributed by atoms with Crippen LogP contribution in [0.1, 0.15) is 24.5 Å². The summed E-state index contributed by atoms with van der Waals surface area (Å²) in [6.07, 6.45) is 2.93. The Kier molecular flexibility index (Phi) is 3.69. The van der Waals surface area contributed by atoms with E-state index in [0.717, 1.165) is 0 Å². The van der Waals surface area contributed by atoms with Crippen molar-refractivity contribution in [2.45, 2.75) is 24.4 Å². The van der Waals surface area contributed by atoms with Crippen molar-refractivity contribution < 1.29 is 8.42 Å². The van der Waals surface area contributed by atoms with Crippen LogP contribution in [0.5, 0.6) is 0 Å². The molecule has 8 nitrogen and oxygen atoms in total. The summed E-state index contributed by atoms with van der Waals surface area (Å²) in [5, 5.41) is 7.59. The van der Waals surface area contributed by atoms with Gasteiger partial charge in [-0.25, -0.2) is 13.1 Å². The second-order valence-corrected chi connectivity index (χ2v) is 5.92. The van der Waals surface area contributed by atoms with E-state index in [9.17, 15) is 8.42 Å². The summed E-state index contributed by atoms with van der Waals surface area (Å²) in [5.41, 5.74) is 6.10. The van der Waals surface area contributed by atoms with Crippen molar-refractivity contribution in [3.8, 4) is 0 Å². The molecular weight excluding hydrogens is 268 g/mol. The first kappa shape index (κ1) is 13.7. The van der Waals surface area contributed by atoms with Crippen molar-refractivity contribution in [1.82, 2.24) is 24.5 Å². The normalized spacial score (nSPS) is 13.6. The molecule has 0 amide bonds. The Bertz CT molecular complexity index is 659. The molecule has 0 spiro atoms. The van der Waals surface area contributed by atoms with Gasteiger partial charge in [0.25, 0.3) is 0 Å². The fourth-order valence-corrected chi connectivity index (χ4v) is 2.95. The standard InChI is InChI=1S/C10H16N6O2S/c1-7(10-14-13-6-16(10)2)15-19(17,18)9-3-8(4-11)12-5-9/h3,5-7,12,15H,4,11H2,1-2H3. The number of rotatable bonds is 5. The van der Waals surface area contributed by atoms with Gasteiger partial charge >= 0.3 is 0 Å². The molecule has 2 aromatic heterocycles. The van der Waals surface area contributed by atoms with Gasteiger partial charge in [0.05, 0.1) is 10.9 Å². The Hall–Kier alpha value is -1.71. The zero-order valence-corrected chi connectivity index (χ0v) is 11.5. The van der Waals surface area contributed by atoms with Gasteiger partial charge in [0.15, 0.2) is 0 Å². The van der Waals surface area contributed by atoms with Crippen molar-refractivity contribution in [1.29, 1.82) is 0 Å². The first-order valence-electron chi connectivity index (χ1n) is 5.67. The average Bonchev–Trinajstić information content (AvgIpc) is 2.96. The van der Waals surface area contributed by atoms with Crippen LogP contribution < -0.4 is 10.5 Å². The highest BCUT2D eigenvalue weighted by atomic mass is 32.2. The maximum Gasteiger partial charge on any atom is 0.242 e. The maximum atomic E-state index is 12.1. The van der Waals surface area contributed by atoms with Crippen molar-refractivity contribution in [2.24, 2.45) is 12.8 Å². The van der Waals surface area contributed by atoms with Crippen molar-refractivity contribution in [3.63, 3.8) is 0 Å². The molecule has 0 saturated carbocycles. The molecule has 0 aliphatic heterocycles. The number of hydrogen-bond acceptors (Lipinski definition) is 5. The lowest BCUT2D eigenvalue weighted by molar-refractivity contribution is 0.553. The molecule has 9 heteroatoms. The predicted octanol–water partition coefficient (Wildman–Crippen LogP) is -0.359. The summed E-state index contributed by atoms with van der Waals surface area (Å²) in [6.45, 7) is 1.96. The van der Waals surface area contributed by atoms with E-state index in [1.54, 1.807) is 18.5 Å². The first-order chi connectivity index (χ1) is 8.94. The molecule has 1 atom stereocenters. The van der Waals surface area contributed by atoms with Gasteiger partial charge in [-0.1, -0.05) is 0 Å². The van der Waals surface area contributed by atoms with E-state index in [1.165, 1.54) is 18.6 Å². The topological polar surface area (TPSA) is 119 Å². The number of nitrogens with two attached hydrogens (primary N) is 1. The number of nitrogens with zero attached hydrogens (tertiary/aromatic N) is 3. The Morgan fingerprint density at radius 3 is 2.84 bits per heavy atom. The van der Waals surface area contributed by atoms with Crippen LogP contribution in [0.4, 0.5) is 0 Å². The molecular formula is C10H16N6O2S. The lowest BCUT2D eigenvalue weighted by atomic mass is 10.3. The number of H-pyrrole nitrogens is 1. The van der Waals surface area contributed by atoms with E-state index in [1.807, 2.05) is 0 Å². The van der Waals surface area contributed by atoms with Crippen LogP contribution in [0.3, 0.4) is 0 Å². The second-order valence-electron chi connectivity index (χ2n) is 4.21.